The quantitative estimate of drug-likeness (QED) is 0.435. The number of ketones is 1. The largest absolute Gasteiger partial charge is 0.294 e. The van der Waals surface area contributed by atoms with Crippen LogP contribution in [0.1, 0.15) is 17.3 Å². The molecule has 0 N–H and O–H groups in total. The zero-order chi connectivity index (χ0) is 10.9. The highest BCUT2D eigenvalue weighted by Gasteiger charge is 2.17. The Morgan fingerprint density at radius 1 is 1.57 bits per heavy atom. The van der Waals surface area contributed by atoms with Crippen molar-refractivity contribution in [1.29, 1.82) is 0 Å². The van der Waals surface area contributed by atoms with Crippen molar-refractivity contribution in [1.82, 2.24) is 0 Å². The molecule has 0 aliphatic rings. The molecule has 0 heterocycles. The molecule has 1 rings (SSSR count). The molecule has 1 aromatic rings. The minimum Gasteiger partial charge on any atom is -0.294 e. The Morgan fingerprint density at radius 2 is 2.14 bits per heavy atom. The number of carbonyl (C=O) groups is 1. The summed E-state index contributed by atoms with van der Waals surface area (Å²) in [5.74, 6) is -1.48. The molecule has 0 fully saturated rings. The number of halogens is 2. The maximum Gasteiger partial charge on any atom is 0.273 e. The second-order valence-corrected chi connectivity index (χ2v) is 2.98. The van der Waals surface area contributed by atoms with Crippen LogP contribution in [-0.2, 0) is 0 Å². The van der Waals surface area contributed by atoms with E-state index >= 15 is 0 Å². The number of carbonyl (C=O) groups excluding carboxylic acids is 1. The smallest absolute Gasteiger partial charge is 0.273 e. The Morgan fingerprint density at radius 3 is 2.57 bits per heavy atom. The molecule has 74 valence electrons. The highest BCUT2D eigenvalue weighted by Crippen LogP contribution is 2.25. The average Bonchev–Trinajstić information content (AvgIpc) is 2.08. The third kappa shape index (κ3) is 1.88. The zero-order valence-corrected chi connectivity index (χ0v) is 7.84. The summed E-state index contributed by atoms with van der Waals surface area (Å²) in [6.07, 6.45) is 0. The lowest BCUT2D eigenvalue weighted by atomic mass is 10.1. The molecule has 14 heavy (non-hydrogen) atoms. The normalized spacial score (nSPS) is 9.93. The molecular weight excluding hydrogens is 213 g/mol. The highest BCUT2D eigenvalue weighted by molar-refractivity contribution is 6.34. The van der Waals surface area contributed by atoms with E-state index < -0.39 is 22.2 Å². The number of hydrogen-bond donors (Lipinski definition) is 0. The first kappa shape index (κ1) is 10.6. The number of Topliss-reactive ketones (excluding diaryl/α,β-unsaturated/α-hetero) is 1. The first-order valence-electron chi connectivity index (χ1n) is 3.58. The Hall–Kier alpha value is -1.49. The van der Waals surface area contributed by atoms with Gasteiger partial charge in [0.1, 0.15) is 5.82 Å². The van der Waals surface area contributed by atoms with Crippen LogP contribution in [0.25, 0.3) is 0 Å². The fourth-order valence-corrected chi connectivity index (χ4v) is 1.18. The van der Waals surface area contributed by atoms with Crippen molar-refractivity contribution >= 4 is 23.1 Å². The fraction of sp³-hybridized carbons (Fsp3) is 0.125. The van der Waals surface area contributed by atoms with E-state index in [-0.39, 0.29) is 10.6 Å². The molecule has 0 aliphatic carbocycles. The van der Waals surface area contributed by atoms with Gasteiger partial charge in [-0.05, 0) is 6.92 Å². The fourth-order valence-electron chi connectivity index (χ4n) is 0.936. The van der Waals surface area contributed by atoms with E-state index in [9.17, 15) is 19.3 Å². The summed E-state index contributed by atoms with van der Waals surface area (Å²) in [5.41, 5.74) is -0.671. The Kier molecular flexibility index (Phi) is 2.81. The molecule has 0 atom stereocenters. The lowest BCUT2D eigenvalue weighted by Crippen LogP contribution is -1.98. The van der Waals surface area contributed by atoms with Crippen molar-refractivity contribution in [3.05, 3.63) is 38.7 Å². The van der Waals surface area contributed by atoms with Gasteiger partial charge in [0, 0.05) is 11.6 Å². The molecule has 0 radical (unpaired) electrons. The molecule has 4 nitrogen and oxygen atoms in total. The van der Waals surface area contributed by atoms with Crippen LogP contribution in [0.3, 0.4) is 0 Å². The third-order valence-electron chi connectivity index (χ3n) is 1.60. The van der Waals surface area contributed by atoms with Crippen LogP contribution >= 0.6 is 11.6 Å². The van der Waals surface area contributed by atoms with Gasteiger partial charge in [-0.1, -0.05) is 11.6 Å². The van der Waals surface area contributed by atoms with E-state index in [4.69, 9.17) is 11.6 Å². The molecule has 0 unspecified atom stereocenters. The number of nitro benzene ring substituents is 1. The minimum atomic E-state index is -0.967. The van der Waals surface area contributed by atoms with E-state index in [0.29, 0.717) is 6.07 Å². The molecule has 0 bridgehead atoms. The number of hydrogen-bond acceptors (Lipinski definition) is 3. The van der Waals surface area contributed by atoms with Gasteiger partial charge >= 0.3 is 0 Å². The molecule has 6 heteroatoms. The van der Waals surface area contributed by atoms with E-state index in [0.717, 1.165) is 13.0 Å². The van der Waals surface area contributed by atoms with Crippen molar-refractivity contribution in [2.24, 2.45) is 0 Å². The van der Waals surface area contributed by atoms with Gasteiger partial charge < -0.3 is 0 Å². The summed E-state index contributed by atoms with van der Waals surface area (Å²) >= 11 is 5.45. The minimum absolute atomic E-state index is 0.182. The van der Waals surface area contributed by atoms with Gasteiger partial charge in [0.05, 0.1) is 16.0 Å². The number of nitrogens with zero attached hydrogens (tertiary/aromatic N) is 1. The van der Waals surface area contributed by atoms with Gasteiger partial charge in [-0.15, -0.1) is 0 Å². The summed E-state index contributed by atoms with van der Waals surface area (Å²) in [6, 6.07) is 1.63. The Labute approximate surface area is 83.4 Å². The maximum absolute atomic E-state index is 13.0. The molecule has 0 aliphatic heterocycles. The van der Waals surface area contributed by atoms with Crippen LogP contribution in [0.15, 0.2) is 12.1 Å². The van der Waals surface area contributed by atoms with Gasteiger partial charge in [-0.2, -0.15) is 0 Å². The van der Waals surface area contributed by atoms with Crippen LogP contribution < -0.4 is 0 Å². The van der Waals surface area contributed by atoms with E-state index in [1.54, 1.807) is 0 Å². The summed E-state index contributed by atoms with van der Waals surface area (Å²) < 4.78 is 13.0. The highest BCUT2D eigenvalue weighted by atomic mass is 35.5. The Bertz CT molecular complexity index is 419. The van der Waals surface area contributed by atoms with Crippen molar-refractivity contribution < 1.29 is 14.1 Å². The molecule has 1 aromatic carbocycles. The zero-order valence-electron chi connectivity index (χ0n) is 7.08. The first-order chi connectivity index (χ1) is 6.43. The molecule has 0 aromatic heterocycles. The topological polar surface area (TPSA) is 60.2 Å². The number of benzene rings is 1. The summed E-state index contributed by atoms with van der Waals surface area (Å²) in [4.78, 5) is 20.5. The lowest BCUT2D eigenvalue weighted by Gasteiger charge is -2.00. The van der Waals surface area contributed by atoms with Gasteiger partial charge in [0.25, 0.3) is 5.69 Å². The predicted molar refractivity (Wildman–Crippen MR) is 48.1 cm³/mol. The molecule has 0 amide bonds. The van der Waals surface area contributed by atoms with E-state index in [2.05, 4.69) is 0 Å². The molecule has 0 saturated heterocycles. The van der Waals surface area contributed by atoms with Gasteiger partial charge in [0.15, 0.2) is 5.78 Å². The molecule has 0 saturated carbocycles. The van der Waals surface area contributed by atoms with E-state index in [1.165, 1.54) is 0 Å². The SMILES string of the molecule is CC(=O)c1cc([N+](=O)[O-])cc(F)c1Cl. The number of rotatable bonds is 2. The first-order valence-corrected chi connectivity index (χ1v) is 3.95. The summed E-state index contributed by atoms with van der Waals surface area (Å²) in [7, 11) is 0. The van der Waals surface area contributed by atoms with Crippen LogP contribution in [0.2, 0.25) is 5.02 Å². The van der Waals surface area contributed by atoms with Crippen LogP contribution in [0, 0.1) is 15.9 Å². The van der Waals surface area contributed by atoms with Gasteiger partial charge in [0.2, 0.25) is 0 Å². The summed E-state index contributed by atoms with van der Waals surface area (Å²) in [6.45, 7) is 1.16. The van der Waals surface area contributed by atoms with Crippen LogP contribution in [0.5, 0.6) is 0 Å². The molecule has 0 spiro atoms. The monoisotopic (exact) mass is 217 g/mol. The second-order valence-electron chi connectivity index (χ2n) is 2.60. The van der Waals surface area contributed by atoms with Gasteiger partial charge in [-0.3, -0.25) is 14.9 Å². The van der Waals surface area contributed by atoms with E-state index in [1.807, 2.05) is 0 Å². The Balaban J connectivity index is 3.43. The number of non-ortho nitro benzene ring substituents is 1. The standard InChI is InChI=1S/C8H5ClFNO3/c1-4(12)6-2-5(11(13)14)3-7(10)8(6)9/h2-3H,1H3. The van der Waals surface area contributed by atoms with Crippen molar-refractivity contribution in [2.45, 2.75) is 6.92 Å². The lowest BCUT2D eigenvalue weighted by molar-refractivity contribution is -0.385. The van der Waals surface area contributed by atoms with Crippen LogP contribution in [0.4, 0.5) is 10.1 Å². The van der Waals surface area contributed by atoms with Crippen molar-refractivity contribution in [3.8, 4) is 0 Å². The third-order valence-corrected chi connectivity index (χ3v) is 1.99. The van der Waals surface area contributed by atoms with Crippen LogP contribution in [-0.4, -0.2) is 10.7 Å². The molecular formula is C8H5ClFNO3. The average molecular weight is 218 g/mol. The van der Waals surface area contributed by atoms with Gasteiger partial charge in [-0.25, -0.2) is 4.39 Å². The second kappa shape index (κ2) is 3.71. The maximum atomic E-state index is 13.0. The number of nitro groups is 1. The summed E-state index contributed by atoms with van der Waals surface area (Å²) in [5, 5.41) is 9.94. The predicted octanol–water partition coefficient (Wildman–Crippen LogP) is 2.59. The van der Waals surface area contributed by atoms with Crippen molar-refractivity contribution in [2.75, 3.05) is 0 Å². The van der Waals surface area contributed by atoms with Crippen molar-refractivity contribution in [3.63, 3.8) is 0 Å².